The van der Waals surface area contributed by atoms with Gasteiger partial charge < -0.3 is 15.2 Å². The predicted molar refractivity (Wildman–Crippen MR) is 127 cm³/mol. The first-order valence-electron chi connectivity index (χ1n) is 11.7. The smallest absolute Gasteiger partial charge is 0.389 e. The third kappa shape index (κ3) is 7.77. The van der Waals surface area contributed by atoms with Gasteiger partial charge in [0.2, 0.25) is 0 Å². The molecule has 2 fully saturated rings. The van der Waals surface area contributed by atoms with Gasteiger partial charge in [0.1, 0.15) is 0 Å². The summed E-state index contributed by atoms with van der Waals surface area (Å²) in [5.74, 6) is 0.393. The number of benzene rings is 1. The second-order valence-electron chi connectivity index (χ2n) is 8.53. The minimum absolute atomic E-state index is 0.0185. The first-order valence-corrected chi connectivity index (χ1v) is 12.7. The van der Waals surface area contributed by atoms with Crippen LogP contribution in [-0.4, -0.2) is 67.4 Å². The normalized spacial score (nSPS) is 20.0. The zero-order valence-electron chi connectivity index (χ0n) is 19.2. The average Bonchev–Trinajstić information content (AvgIpc) is 3.36. The van der Waals surface area contributed by atoms with E-state index < -0.39 is 12.6 Å². The van der Waals surface area contributed by atoms with Crippen LogP contribution in [0.3, 0.4) is 0 Å². The van der Waals surface area contributed by atoms with Crippen LogP contribution in [0.15, 0.2) is 41.6 Å². The molecule has 0 spiro atoms. The third-order valence-corrected chi connectivity index (χ3v) is 6.50. The molecular formula is C23H29F3N6O2S. The summed E-state index contributed by atoms with van der Waals surface area (Å²) in [5.41, 5.74) is 1.07. The van der Waals surface area contributed by atoms with Crippen molar-refractivity contribution in [2.24, 2.45) is 0 Å². The molecule has 5 rings (SSSR count). The van der Waals surface area contributed by atoms with Crippen molar-refractivity contribution in [2.45, 2.75) is 68.0 Å². The van der Waals surface area contributed by atoms with Crippen molar-refractivity contribution in [1.29, 1.82) is 0 Å². The van der Waals surface area contributed by atoms with Crippen molar-refractivity contribution in [3.8, 4) is 0 Å². The van der Waals surface area contributed by atoms with Crippen LogP contribution >= 0.6 is 11.8 Å². The van der Waals surface area contributed by atoms with E-state index in [4.69, 9.17) is 9.84 Å². The summed E-state index contributed by atoms with van der Waals surface area (Å²) in [6.45, 7) is 0.280. The van der Waals surface area contributed by atoms with Crippen LogP contribution in [0.5, 0.6) is 0 Å². The SMILES string of the molecule is OCCOC1CCC(n2nnc3c(NC4CC4)nc(SCCC(F)(F)F)nc32)C1.c1ccccc1. The lowest BCUT2D eigenvalue weighted by Crippen LogP contribution is -2.14. The van der Waals surface area contributed by atoms with Crippen LogP contribution in [0, 0.1) is 0 Å². The number of fused-ring (bicyclic) bond motifs is 1. The molecule has 2 saturated carbocycles. The number of anilines is 1. The monoisotopic (exact) mass is 510 g/mol. The number of alkyl halides is 3. The van der Waals surface area contributed by atoms with Crippen LogP contribution in [0.1, 0.15) is 44.6 Å². The first-order chi connectivity index (χ1) is 16.9. The maximum Gasteiger partial charge on any atom is 0.389 e. The van der Waals surface area contributed by atoms with Gasteiger partial charge in [-0.15, -0.1) is 5.10 Å². The lowest BCUT2D eigenvalue weighted by Gasteiger charge is -2.13. The molecule has 3 aromatic rings. The van der Waals surface area contributed by atoms with Crippen molar-refractivity contribution in [2.75, 3.05) is 24.3 Å². The summed E-state index contributed by atoms with van der Waals surface area (Å²) in [6.07, 6.45) is -0.594. The largest absolute Gasteiger partial charge is 0.394 e. The highest BCUT2D eigenvalue weighted by Crippen LogP contribution is 2.35. The van der Waals surface area contributed by atoms with Gasteiger partial charge in [-0.3, -0.25) is 0 Å². The summed E-state index contributed by atoms with van der Waals surface area (Å²) in [5, 5.41) is 21.0. The molecule has 0 amide bonds. The number of aliphatic hydroxyl groups excluding tert-OH is 1. The predicted octanol–water partition coefficient (Wildman–Crippen LogP) is 4.63. The number of thioether (sulfide) groups is 1. The zero-order valence-corrected chi connectivity index (χ0v) is 20.0. The molecule has 2 aliphatic rings. The number of rotatable bonds is 9. The van der Waals surface area contributed by atoms with E-state index in [1.54, 1.807) is 4.68 Å². The fourth-order valence-electron chi connectivity index (χ4n) is 3.80. The second-order valence-corrected chi connectivity index (χ2v) is 9.59. The fourth-order valence-corrected chi connectivity index (χ4v) is 4.62. The summed E-state index contributed by atoms with van der Waals surface area (Å²) < 4.78 is 44.9. The number of hydrogen-bond donors (Lipinski definition) is 2. The first kappa shape index (κ1) is 25.6. The third-order valence-electron chi connectivity index (χ3n) is 5.65. The van der Waals surface area contributed by atoms with Gasteiger partial charge in [-0.05, 0) is 32.1 Å². The van der Waals surface area contributed by atoms with E-state index in [0.717, 1.165) is 43.9 Å². The molecule has 190 valence electrons. The molecule has 0 bridgehead atoms. The van der Waals surface area contributed by atoms with Gasteiger partial charge in [-0.1, -0.05) is 53.4 Å². The summed E-state index contributed by atoms with van der Waals surface area (Å²) in [4.78, 5) is 8.88. The van der Waals surface area contributed by atoms with E-state index in [0.29, 0.717) is 34.8 Å². The summed E-state index contributed by atoms with van der Waals surface area (Å²) in [7, 11) is 0. The molecule has 0 radical (unpaired) electrons. The number of hydrogen-bond acceptors (Lipinski definition) is 8. The molecule has 12 heteroatoms. The van der Waals surface area contributed by atoms with Crippen LogP contribution in [0.4, 0.5) is 19.0 Å². The van der Waals surface area contributed by atoms with E-state index in [1.165, 1.54) is 0 Å². The molecule has 2 N–H and O–H groups in total. The maximum atomic E-state index is 12.5. The Hall–Kier alpha value is -2.44. The highest BCUT2D eigenvalue weighted by molar-refractivity contribution is 7.99. The van der Waals surface area contributed by atoms with E-state index in [2.05, 4.69) is 25.6 Å². The zero-order chi connectivity index (χ0) is 24.7. The molecule has 2 aliphatic carbocycles. The van der Waals surface area contributed by atoms with Gasteiger partial charge in [0.25, 0.3) is 0 Å². The Labute approximate surface area is 205 Å². The highest BCUT2D eigenvalue weighted by atomic mass is 32.2. The van der Waals surface area contributed by atoms with E-state index in [-0.39, 0.29) is 24.5 Å². The molecule has 2 unspecified atom stereocenters. The van der Waals surface area contributed by atoms with Gasteiger partial charge >= 0.3 is 6.18 Å². The number of aliphatic hydroxyl groups is 1. The van der Waals surface area contributed by atoms with E-state index in [1.807, 2.05) is 36.4 Å². The number of ether oxygens (including phenoxy) is 1. The Bertz CT molecular complexity index is 1040. The van der Waals surface area contributed by atoms with Crippen molar-refractivity contribution in [3.05, 3.63) is 36.4 Å². The molecule has 8 nitrogen and oxygen atoms in total. The van der Waals surface area contributed by atoms with Crippen molar-refractivity contribution >= 4 is 28.7 Å². The molecule has 2 aromatic heterocycles. The molecule has 1 aromatic carbocycles. The Kier molecular flexibility index (Phi) is 8.79. The number of nitrogens with zero attached hydrogens (tertiary/aromatic N) is 5. The van der Waals surface area contributed by atoms with Gasteiger partial charge in [0.15, 0.2) is 22.1 Å². The molecular weight excluding hydrogens is 481 g/mol. The molecule has 2 atom stereocenters. The van der Waals surface area contributed by atoms with Crippen molar-refractivity contribution in [3.63, 3.8) is 0 Å². The molecule has 0 aliphatic heterocycles. The highest BCUT2D eigenvalue weighted by Gasteiger charge is 2.31. The number of aromatic nitrogens is 5. The summed E-state index contributed by atoms with van der Waals surface area (Å²) in [6, 6.07) is 12.4. The van der Waals surface area contributed by atoms with Crippen LogP contribution in [-0.2, 0) is 4.74 Å². The fraction of sp³-hybridized carbons (Fsp3) is 0.565. The lowest BCUT2D eigenvalue weighted by atomic mass is 10.2. The minimum Gasteiger partial charge on any atom is -0.394 e. The maximum absolute atomic E-state index is 12.5. The van der Waals surface area contributed by atoms with Crippen LogP contribution in [0.2, 0.25) is 0 Å². The number of nitrogens with one attached hydrogen (secondary N) is 1. The average molecular weight is 511 g/mol. The van der Waals surface area contributed by atoms with Crippen molar-refractivity contribution < 1.29 is 23.0 Å². The van der Waals surface area contributed by atoms with Gasteiger partial charge in [0.05, 0.1) is 31.8 Å². The van der Waals surface area contributed by atoms with Gasteiger partial charge in [-0.25, -0.2) is 14.6 Å². The second kappa shape index (κ2) is 12.0. The van der Waals surface area contributed by atoms with Gasteiger partial charge in [0, 0.05) is 11.8 Å². The lowest BCUT2D eigenvalue weighted by molar-refractivity contribution is -0.129. The Balaban J connectivity index is 0.000000421. The molecule has 0 saturated heterocycles. The summed E-state index contributed by atoms with van der Waals surface area (Å²) >= 11 is 0.987. The minimum atomic E-state index is -4.21. The van der Waals surface area contributed by atoms with Crippen LogP contribution in [0.25, 0.3) is 11.2 Å². The van der Waals surface area contributed by atoms with Crippen molar-refractivity contribution in [1.82, 2.24) is 25.0 Å². The Morgan fingerprint density at radius 3 is 2.40 bits per heavy atom. The van der Waals surface area contributed by atoms with E-state index in [9.17, 15) is 13.2 Å². The van der Waals surface area contributed by atoms with Crippen LogP contribution < -0.4 is 5.32 Å². The topological polar surface area (TPSA) is 98.0 Å². The van der Waals surface area contributed by atoms with Gasteiger partial charge in [-0.2, -0.15) is 13.2 Å². The quantitative estimate of drug-likeness (QED) is 0.318. The Morgan fingerprint density at radius 2 is 1.77 bits per heavy atom. The Morgan fingerprint density at radius 1 is 1.06 bits per heavy atom. The van der Waals surface area contributed by atoms with E-state index >= 15 is 0 Å². The molecule has 2 heterocycles. The standard InChI is InChI=1S/C17H23F3N6O2S.C6H6/c18-17(19,20)5-8-29-16-22-14(21-10-1-2-10)13-15(23-16)26(25-24-13)11-3-4-12(9-11)28-7-6-27;1-2-4-6-5-3-1/h10-12,27H,1-9H2,(H,21,22,23);1-6H. The molecule has 35 heavy (non-hydrogen) atoms. The number of halogens is 3.